The number of rotatable bonds is 7. The van der Waals surface area contributed by atoms with Gasteiger partial charge in [-0.2, -0.15) is 0 Å². The number of unbranched alkanes of at least 4 members (excludes halogenated alkanes) is 2. The van der Waals surface area contributed by atoms with Crippen LogP contribution in [0.4, 0.5) is 5.95 Å². The van der Waals surface area contributed by atoms with E-state index in [2.05, 4.69) is 33.7 Å². The summed E-state index contributed by atoms with van der Waals surface area (Å²) in [7, 11) is 0. The van der Waals surface area contributed by atoms with E-state index < -0.39 is 0 Å². The van der Waals surface area contributed by atoms with Crippen LogP contribution in [0.3, 0.4) is 0 Å². The van der Waals surface area contributed by atoms with Crippen molar-refractivity contribution in [2.45, 2.75) is 39.5 Å². The van der Waals surface area contributed by atoms with Gasteiger partial charge in [0.15, 0.2) is 0 Å². The average molecular weight is 230 g/mol. The van der Waals surface area contributed by atoms with E-state index in [1.54, 1.807) is 6.33 Å². The first-order chi connectivity index (χ1) is 7.77. The molecule has 0 aliphatic heterocycles. The number of hydrogen-bond donors (Lipinski definition) is 0. The average Bonchev–Trinajstić information content (AvgIpc) is 2.29. The van der Waals surface area contributed by atoms with Crippen LogP contribution >= 0.6 is 0 Å². The van der Waals surface area contributed by atoms with Crippen LogP contribution in [0.1, 0.15) is 39.5 Å². The molecular weight excluding hydrogens is 211 g/mol. The van der Waals surface area contributed by atoms with Gasteiger partial charge in [0.2, 0.25) is 0 Å². The van der Waals surface area contributed by atoms with Gasteiger partial charge < -0.3 is 0 Å². The van der Waals surface area contributed by atoms with Crippen LogP contribution in [0.25, 0.3) is 0 Å². The molecule has 0 aromatic carbocycles. The van der Waals surface area contributed by atoms with Crippen LogP contribution in [0.15, 0.2) is 6.33 Å². The third kappa shape index (κ3) is 4.76. The maximum absolute atomic E-state index is 4.44. The van der Waals surface area contributed by atoms with Crippen molar-refractivity contribution in [2.24, 2.45) is 0 Å². The second-order valence-electron chi connectivity index (χ2n) is 4.03. The summed E-state index contributed by atoms with van der Waals surface area (Å²) in [5.41, 5.74) is 0. The molecule has 1 aromatic heterocycles. The van der Waals surface area contributed by atoms with E-state index in [1.165, 1.54) is 25.7 Å². The zero-order valence-corrected chi connectivity index (χ0v) is 12.6. The van der Waals surface area contributed by atoms with Crippen LogP contribution in [0.2, 0.25) is 0 Å². The van der Waals surface area contributed by atoms with Gasteiger partial charge >= 0.3 is 116 Å². The van der Waals surface area contributed by atoms with Crippen molar-refractivity contribution in [3.63, 3.8) is 0 Å². The predicted molar refractivity (Wildman–Crippen MR) is 67.2 cm³/mol. The summed E-state index contributed by atoms with van der Waals surface area (Å²) in [4.78, 5) is 15.1. The molecule has 1 heterocycles. The van der Waals surface area contributed by atoms with Crippen LogP contribution in [-0.2, 0) is 0 Å². The topological polar surface area (TPSA) is 41.9 Å². The van der Waals surface area contributed by atoms with E-state index >= 15 is 0 Å². The molecule has 0 aliphatic carbocycles. The number of hydrogen-bond acceptors (Lipinski definition) is 4. The summed E-state index contributed by atoms with van der Waals surface area (Å²) in [6.45, 7) is 6.54. The van der Waals surface area contributed by atoms with Crippen LogP contribution in [0, 0.1) is 0 Å². The molecule has 0 fully saturated rings. The summed E-state index contributed by atoms with van der Waals surface area (Å²) >= 11 is 0.889. The van der Waals surface area contributed by atoms with Crippen molar-refractivity contribution in [3.8, 4) is 0 Å². The Morgan fingerprint density at radius 1 is 1.12 bits per heavy atom. The quantitative estimate of drug-likeness (QED) is 0.657. The first-order valence-electron chi connectivity index (χ1n) is 6.18. The molecule has 0 N–H and O–H groups in total. The summed E-state index contributed by atoms with van der Waals surface area (Å²) in [6.07, 6.45) is 6.45. The minimum absolute atomic E-state index is 0.863. The van der Waals surface area contributed by atoms with Crippen molar-refractivity contribution >= 4 is 37.0 Å². The molecule has 84 valence electrons. The summed E-state index contributed by atoms with van der Waals surface area (Å²) in [6, 6.07) is 0. The molecule has 1 aromatic rings. The zero-order valence-electron chi connectivity index (χ0n) is 10.6. The molecule has 0 spiro atoms. The van der Waals surface area contributed by atoms with Gasteiger partial charge in [-0.1, -0.05) is 0 Å². The second kappa shape index (κ2) is 7.98. The Morgan fingerprint density at radius 3 is 2.25 bits per heavy atom. The molecule has 4 nitrogen and oxygen atoms in total. The Hall–Kier alpha value is -0.190. The van der Waals surface area contributed by atoms with E-state index in [4.69, 9.17) is 0 Å². The van der Waals surface area contributed by atoms with Gasteiger partial charge in [-0.05, 0) is 0 Å². The number of nitrogens with zero attached hydrogens (tertiary/aromatic N) is 4. The molecule has 0 unspecified atom stereocenters. The number of aromatic nitrogens is 3. The number of anilines is 1. The fourth-order valence-corrected chi connectivity index (χ4v) is 1.84. The molecule has 0 saturated heterocycles. The van der Waals surface area contributed by atoms with E-state index in [9.17, 15) is 0 Å². The fourth-order valence-electron chi connectivity index (χ4n) is 1.53. The third-order valence-corrected chi connectivity index (χ3v) is 3.01. The van der Waals surface area contributed by atoms with Gasteiger partial charge in [-0.15, -0.1) is 0 Å². The Bertz CT molecular complexity index is 298. The van der Waals surface area contributed by atoms with E-state index in [0.29, 0.717) is 0 Å². The summed E-state index contributed by atoms with van der Waals surface area (Å²) < 4.78 is 0.933. The monoisotopic (exact) mass is 230 g/mol. The summed E-state index contributed by atoms with van der Waals surface area (Å²) in [5, 5.41) is 0. The van der Waals surface area contributed by atoms with E-state index in [1.807, 2.05) is 0 Å². The molecular formula is C11H19N4Na. The van der Waals surface area contributed by atoms with Crippen LogP contribution in [-0.4, -0.2) is 56.0 Å². The van der Waals surface area contributed by atoms with Gasteiger partial charge in [0.1, 0.15) is 0 Å². The van der Waals surface area contributed by atoms with Crippen molar-refractivity contribution < 1.29 is 0 Å². The standard InChI is InChI=1S/C11H19N4.Na/c1-3-5-7-15(8-6-4-2)11-13-9-12-10-14-11;/h9H,3-8H2,1-2H3;. The van der Waals surface area contributed by atoms with Crippen LogP contribution in [0.5, 0.6) is 0 Å². The van der Waals surface area contributed by atoms with Crippen molar-refractivity contribution in [3.05, 3.63) is 6.33 Å². The first kappa shape index (κ1) is 13.9. The molecule has 0 radical (unpaired) electrons. The molecule has 16 heavy (non-hydrogen) atoms. The van der Waals surface area contributed by atoms with Gasteiger partial charge in [-0.3, -0.25) is 0 Å². The maximum atomic E-state index is 4.44. The van der Waals surface area contributed by atoms with Crippen molar-refractivity contribution in [2.75, 3.05) is 18.0 Å². The van der Waals surface area contributed by atoms with Crippen molar-refractivity contribution in [1.82, 2.24) is 15.0 Å². The molecule has 1 rings (SSSR count). The molecule has 0 aliphatic rings. The second-order valence-corrected chi connectivity index (χ2v) is 4.92. The van der Waals surface area contributed by atoms with E-state index in [-0.39, 0.29) is 0 Å². The van der Waals surface area contributed by atoms with Crippen LogP contribution < -0.4 is 7.97 Å². The normalized spacial score (nSPS) is 10.5. The zero-order chi connectivity index (χ0) is 11.8. The SMILES string of the molecule is CCCCN(CCCC)c1ncn[c]([Na])n1. The molecule has 0 atom stereocenters. The van der Waals surface area contributed by atoms with Gasteiger partial charge in [0.05, 0.1) is 0 Å². The molecule has 0 bridgehead atoms. The van der Waals surface area contributed by atoms with Gasteiger partial charge in [-0.25, -0.2) is 0 Å². The van der Waals surface area contributed by atoms with Gasteiger partial charge in [0.25, 0.3) is 0 Å². The Balaban J connectivity index is 2.66. The van der Waals surface area contributed by atoms with Gasteiger partial charge in [0, 0.05) is 0 Å². The summed E-state index contributed by atoms with van der Waals surface area (Å²) in [5.74, 6) is 0.863. The molecule has 0 saturated carbocycles. The van der Waals surface area contributed by atoms with Crippen molar-refractivity contribution in [1.29, 1.82) is 0 Å². The third-order valence-electron chi connectivity index (χ3n) is 2.53. The fraction of sp³-hybridized carbons (Fsp3) is 0.727. The molecule has 5 heteroatoms. The Morgan fingerprint density at radius 2 is 1.75 bits per heavy atom. The molecule has 0 amide bonds. The van der Waals surface area contributed by atoms with E-state index in [0.717, 1.165) is 50.0 Å². The first-order valence-corrected chi connectivity index (χ1v) is 7.18. The Labute approximate surface area is 115 Å². The predicted octanol–water partition coefficient (Wildman–Crippen LogP) is 1.07. The minimum atomic E-state index is 0.863. The Kier molecular flexibility index (Phi) is 6.92.